The molecule has 1 atom stereocenters. The van der Waals surface area contributed by atoms with E-state index in [2.05, 4.69) is 26.2 Å². The first-order valence-electron chi connectivity index (χ1n) is 4.88. The van der Waals surface area contributed by atoms with Crippen molar-refractivity contribution in [2.75, 3.05) is 5.32 Å². The monoisotopic (exact) mass is 350 g/mol. The average molecular weight is 352 g/mol. The molecule has 2 nitrogen and oxygen atoms in total. The second-order valence-corrected chi connectivity index (χ2v) is 6.14. The third-order valence-corrected chi connectivity index (χ3v) is 4.20. The van der Waals surface area contributed by atoms with E-state index in [1.165, 1.54) is 0 Å². The van der Waals surface area contributed by atoms with Crippen LogP contribution in [0.2, 0.25) is 10.0 Å². The quantitative estimate of drug-likeness (QED) is 0.802. The molecule has 1 aromatic heterocycles. The van der Waals surface area contributed by atoms with Gasteiger partial charge >= 0.3 is 0 Å². The van der Waals surface area contributed by atoms with Gasteiger partial charge in [-0.1, -0.05) is 39.1 Å². The zero-order valence-electron chi connectivity index (χ0n) is 8.88. The van der Waals surface area contributed by atoms with Crippen LogP contribution in [0.5, 0.6) is 0 Å². The molecular weight excluding hydrogens is 343 g/mol. The Labute approximate surface area is 122 Å². The van der Waals surface area contributed by atoms with Gasteiger partial charge in [-0.2, -0.15) is 0 Å². The van der Waals surface area contributed by atoms with Gasteiger partial charge < -0.3 is 5.32 Å². The highest BCUT2D eigenvalue weighted by Crippen LogP contribution is 2.36. The Hall–Kier alpha value is -0.290. The molecule has 0 aliphatic rings. The Balaban J connectivity index is 2.25. The Morgan fingerprint density at radius 1 is 1.35 bits per heavy atom. The van der Waals surface area contributed by atoms with Gasteiger partial charge in [-0.3, -0.25) is 0 Å². The summed E-state index contributed by atoms with van der Waals surface area (Å²) in [6, 6.07) is 3.69. The summed E-state index contributed by atoms with van der Waals surface area (Å²) in [6.45, 7) is 2.02. The van der Waals surface area contributed by atoms with Gasteiger partial charge in [0.05, 0.1) is 21.8 Å². The third kappa shape index (κ3) is 3.13. The van der Waals surface area contributed by atoms with Crippen molar-refractivity contribution in [3.63, 3.8) is 0 Å². The molecule has 0 bridgehead atoms. The van der Waals surface area contributed by atoms with Crippen molar-refractivity contribution in [2.24, 2.45) is 0 Å². The Kier molecular flexibility index (Phi) is 4.31. The summed E-state index contributed by atoms with van der Waals surface area (Å²) >= 11 is 17.2. The van der Waals surface area contributed by atoms with E-state index in [0.717, 1.165) is 15.2 Å². The number of thiazole rings is 1. The highest BCUT2D eigenvalue weighted by molar-refractivity contribution is 9.10. The van der Waals surface area contributed by atoms with Gasteiger partial charge in [0, 0.05) is 16.0 Å². The normalized spacial score (nSPS) is 12.5. The molecule has 0 fully saturated rings. The molecule has 2 aromatic rings. The van der Waals surface area contributed by atoms with Crippen molar-refractivity contribution < 1.29 is 0 Å². The second-order valence-electron chi connectivity index (χ2n) is 3.48. The topological polar surface area (TPSA) is 24.9 Å². The van der Waals surface area contributed by atoms with E-state index in [1.54, 1.807) is 17.5 Å². The molecule has 0 aliphatic carbocycles. The maximum absolute atomic E-state index is 6.15. The zero-order valence-corrected chi connectivity index (χ0v) is 12.8. The SMILES string of the molecule is CC(Nc1c(Cl)cc(Br)cc1Cl)c1nccs1. The minimum atomic E-state index is 0.0752. The molecule has 1 unspecified atom stereocenters. The summed E-state index contributed by atoms with van der Waals surface area (Å²) in [5.74, 6) is 0. The maximum Gasteiger partial charge on any atom is 0.115 e. The van der Waals surface area contributed by atoms with E-state index in [1.807, 2.05) is 24.4 Å². The van der Waals surface area contributed by atoms with Gasteiger partial charge in [0.15, 0.2) is 0 Å². The summed E-state index contributed by atoms with van der Waals surface area (Å²) < 4.78 is 0.861. The highest BCUT2D eigenvalue weighted by atomic mass is 79.9. The molecule has 17 heavy (non-hydrogen) atoms. The fourth-order valence-electron chi connectivity index (χ4n) is 1.41. The fraction of sp³-hybridized carbons (Fsp3) is 0.182. The predicted molar refractivity (Wildman–Crippen MR) is 78.3 cm³/mol. The van der Waals surface area contributed by atoms with Crippen LogP contribution >= 0.6 is 50.5 Å². The van der Waals surface area contributed by atoms with Gasteiger partial charge in [0.2, 0.25) is 0 Å². The summed E-state index contributed by atoms with van der Waals surface area (Å²) in [6.07, 6.45) is 1.78. The lowest BCUT2D eigenvalue weighted by atomic mass is 10.2. The van der Waals surface area contributed by atoms with Gasteiger partial charge in [-0.15, -0.1) is 11.3 Å². The van der Waals surface area contributed by atoms with Crippen LogP contribution < -0.4 is 5.32 Å². The van der Waals surface area contributed by atoms with E-state index in [0.29, 0.717) is 10.0 Å². The minimum absolute atomic E-state index is 0.0752. The largest absolute Gasteiger partial charge is 0.374 e. The zero-order chi connectivity index (χ0) is 12.4. The number of anilines is 1. The van der Waals surface area contributed by atoms with E-state index >= 15 is 0 Å². The molecule has 0 radical (unpaired) electrons. The second kappa shape index (κ2) is 5.57. The lowest BCUT2D eigenvalue weighted by molar-refractivity contribution is 0.870. The van der Waals surface area contributed by atoms with Crippen molar-refractivity contribution in [3.05, 3.63) is 43.2 Å². The van der Waals surface area contributed by atoms with Crippen molar-refractivity contribution >= 4 is 56.2 Å². The number of hydrogen-bond acceptors (Lipinski definition) is 3. The van der Waals surface area contributed by atoms with Crippen molar-refractivity contribution in [1.82, 2.24) is 4.98 Å². The van der Waals surface area contributed by atoms with Gasteiger partial charge in [0.25, 0.3) is 0 Å². The van der Waals surface area contributed by atoms with Crippen molar-refractivity contribution in [3.8, 4) is 0 Å². The van der Waals surface area contributed by atoms with E-state index in [-0.39, 0.29) is 6.04 Å². The summed E-state index contributed by atoms with van der Waals surface area (Å²) in [5.41, 5.74) is 0.735. The van der Waals surface area contributed by atoms with Crippen LogP contribution in [-0.2, 0) is 0 Å². The Morgan fingerprint density at radius 3 is 2.53 bits per heavy atom. The molecule has 90 valence electrons. The number of nitrogens with zero attached hydrogens (tertiary/aromatic N) is 1. The Morgan fingerprint density at radius 2 is 2.00 bits per heavy atom. The van der Waals surface area contributed by atoms with E-state index in [4.69, 9.17) is 23.2 Å². The summed E-state index contributed by atoms with van der Waals surface area (Å²) in [7, 11) is 0. The molecule has 0 saturated carbocycles. The van der Waals surface area contributed by atoms with Crippen LogP contribution in [0.1, 0.15) is 18.0 Å². The van der Waals surface area contributed by atoms with E-state index < -0.39 is 0 Å². The number of aromatic nitrogens is 1. The fourth-order valence-corrected chi connectivity index (χ4v) is 3.37. The number of rotatable bonds is 3. The molecule has 0 saturated heterocycles. The van der Waals surface area contributed by atoms with Crippen LogP contribution in [0, 0.1) is 0 Å². The average Bonchev–Trinajstić information content (AvgIpc) is 2.76. The molecule has 1 N–H and O–H groups in total. The first-order valence-corrected chi connectivity index (χ1v) is 7.31. The van der Waals surface area contributed by atoms with Gasteiger partial charge in [0.1, 0.15) is 5.01 Å². The first-order chi connectivity index (χ1) is 8.08. The van der Waals surface area contributed by atoms with Crippen molar-refractivity contribution in [1.29, 1.82) is 0 Å². The minimum Gasteiger partial charge on any atom is -0.374 e. The number of nitrogens with one attached hydrogen (secondary N) is 1. The number of benzene rings is 1. The maximum atomic E-state index is 6.15. The lowest BCUT2D eigenvalue weighted by Gasteiger charge is -2.15. The number of hydrogen-bond donors (Lipinski definition) is 1. The van der Waals surface area contributed by atoms with Crippen LogP contribution in [-0.4, -0.2) is 4.98 Å². The molecule has 1 aromatic carbocycles. The molecular formula is C11H9BrCl2N2S. The van der Waals surface area contributed by atoms with Crippen molar-refractivity contribution in [2.45, 2.75) is 13.0 Å². The molecule has 6 heteroatoms. The van der Waals surface area contributed by atoms with Crippen LogP contribution in [0.4, 0.5) is 5.69 Å². The van der Waals surface area contributed by atoms with Crippen LogP contribution in [0.15, 0.2) is 28.2 Å². The third-order valence-electron chi connectivity index (χ3n) is 2.19. The van der Waals surface area contributed by atoms with Crippen LogP contribution in [0.3, 0.4) is 0 Å². The summed E-state index contributed by atoms with van der Waals surface area (Å²) in [5, 5.41) is 7.40. The standard InChI is InChI=1S/C11H9BrCl2N2S/c1-6(11-15-2-3-17-11)16-10-8(13)4-7(12)5-9(10)14/h2-6,16H,1H3. The molecule has 0 aliphatic heterocycles. The number of halogens is 3. The van der Waals surface area contributed by atoms with Crippen LogP contribution in [0.25, 0.3) is 0 Å². The molecule has 2 rings (SSSR count). The molecule has 1 heterocycles. The van der Waals surface area contributed by atoms with Gasteiger partial charge in [-0.05, 0) is 19.1 Å². The predicted octanol–water partition coefficient (Wildman–Crippen LogP) is 5.39. The highest BCUT2D eigenvalue weighted by Gasteiger charge is 2.13. The summed E-state index contributed by atoms with van der Waals surface area (Å²) in [4.78, 5) is 4.25. The molecule has 0 spiro atoms. The lowest BCUT2D eigenvalue weighted by Crippen LogP contribution is -2.07. The van der Waals surface area contributed by atoms with Gasteiger partial charge in [-0.25, -0.2) is 4.98 Å². The molecule has 0 amide bonds. The smallest absolute Gasteiger partial charge is 0.115 e. The Bertz CT molecular complexity index is 493. The van der Waals surface area contributed by atoms with E-state index in [9.17, 15) is 0 Å². The first kappa shape index (κ1) is 13.1.